The fraction of sp³-hybridized carbons (Fsp3) is 0.200. The first-order chi connectivity index (χ1) is 24.6. The quantitative estimate of drug-likeness (QED) is 0.135. The molecule has 5 heterocycles. The molecule has 50 heavy (non-hydrogen) atoms. The molecule has 1 aliphatic rings. The first kappa shape index (κ1) is 32.4. The second-order valence-electron chi connectivity index (χ2n) is 12.1. The van der Waals surface area contributed by atoms with Gasteiger partial charge in [-0.25, -0.2) is 9.97 Å². The van der Waals surface area contributed by atoms with Crippen molar-refractivity contribution in [2.75, 3.05) is 20.8 Å². The number of hydrogen-bond donors (Lipinski definition) is 1. The van der Waals surface area contributed by atoms with Gasteiger partial charge in [-0.1, -0.05) is 60.7 Å². The van der Waals surface area contributed by atoms with Crippen LogP contribution in [-0.2, 0) is 15.1 Å². The number of methoxy groups -OCH3 is 2. The molecule has 0 aliphatic carbocycles. The topological polar surface area (TPSA) is 87.9 Å². The van der Waals surface area contributed by atoms with Gasteiger partial charge >= 0.3 is 0 Å². The van der Waals surface area contributed by atoms with Crippen LogP contribution in [0.3, 0.4) is 0 Å². The summed E-state index contributed by atoms with van der Waals surface area (Å²) < 4.78 is 26.5. The van der Waals surface area contributed by atoms with Gasteiger partial charge in [0, 0.05) is 32.8 Å². The van der Waals surface area contributed by atoms with Gasteiger partial charge < -0.3 is 24.1 Å². The average molecular weight is 702 g/mol. The van der Waals surface area contributed by atoms with Crippen molar-refractivity contribution < 1.29 is 24.1 Å². The van der Waals surface area contributed by atoms with Crippen molar-refractivity contribution in [3.05, 3.63) is 144 Å². The molecule has 1 fully saturated rings. The first-order valence-electron chi connectivity index (χ1n) is 16.3. The minimum absolute atomic E-state index is 0.122. The van der Waals surface area contributed by atoms with Crippen LogP contribution >= 0.6 is 22.7 Å². The summed E-state index contributed by atoms with van der Waals surface area (Å²) in [6.45, 7) is 0.122. The Labute approximate surface area is 298 Å². The molecule has 8 rings (SSSR count). The zero-order valence-electron chi connectivity index (χ0n) is 27.5. The van der Waals surface area contributed by atoms with Crippen LogP contribution in [0.2, 0.25) is 0 Å². The number of aliphatic hydroxyl groups is 1. The highest BCUT2D eigenvalue weighted by Gasteiger charge is 2.42. The third kappa shape index (κ3) is 5.89. The Hall–Kier alpha value is -4.84. The molecule has 1 N–H and O–H groups in total. The van der Waals surface area contributed by atoms with Gasteiger partial charge in [0.05, 0.1) is 33.3 Å². The fourth-order valence-electron chi connectivity index (χ4n) is 6.69. The van der Waals surface area contributed by atoms with Gasteiger partial charge in [0.25, 0.3) is 0 Å². The summed E-state index contributed by atoms with van der Waals surface area (Å²) in [6.07, 6.45) is 2.10. The number of imidazole rings is 1. The molecule has 3 unspecified atom stereocenters. The number of aromatic nitrogens is 3. The molecule has 1 aliphatic heterocycles. The minimum atomic E-state index is -1.03. The molecule has 0 spiro atoms. The number of benzene rings is 3. The van der Waals surface area contributed by atoms with E-state index < -0.39 is 24.0 Å². The highest BCUT2D eigenvalue weighted by molar-refractivity contribution is 7.23. The zero-order valence-corrected chi connectivity index (χ0v) is 29.1. The van der Waals surface area contributed by atoms with E-state index in [1.165, 1.54) is 9.75 Å². The molecule has 252 valence electrons. The number of fused-ring (bicyclic) bond motifs is 1. The Morgan fingerprint density at radius 1 is 0.780 bits per heavy atom. The van der Waals surface area contributed by atoms with E-state index in [0.29, 0.717) is 12.1 Å². The van der Waals surface area contributed by atoms with Gasteiger partial charge in [0.1, 0.15) is 34.9 Å². The molecule has 1 saturated heterocycles. The molecule has 0 radical (unpaired) electrons. The normalized spacial score (nSPS) is 17.7. The van der Waals surface area contributed by atoms with E-state index in [1.807, 2.05) is 83.6 Å². The second-order valence-corrected chi connectivity index (χ2v) is 14.1. The number of rotatable bonds is 11. The highest BCUT2D eigenvalue weighted by atomic mass is 32.1. The molecular formula is C40H35N3O5S2. The van der Waals surface area contributed by atoms with Crippen molar-refractivity contribution in [1.29, 1.82) is 0 Å². The maximum atomic E-state index is 11.4. The predicted octanol–water partition coefficient (Wildman–Crippen LogP) is 8.56. The Morgan fingerprint density at radius 2 is 1.46 bits per heavy atom. The fourth-order valence-corrected chi connectivity index (χ4v) is 8.56. The lowest BCUT2D eigenvalue weighted by atomic mass is 9.80. The molecule has 0 saturated carbocycles. The van der Waals surface area contributed by atoms with Gasteiger partial charge in [-0.15, -0.1) is 22.7 Å². The summed E-state index contributed by atoms with van der Waals surface area (Å²) in [6, 6.07) is 36.4. The van der Waals surface area contributed by atoms with Gasteiger partial charge in [0.15, 0.2) is 5.65 Å². The van der Waals surface area contributed by atoms with Crippen LogP contribution in [0.1, 0.15) is 29.3 Å². The molecule has 3 atom stereocenters. The molecular weight excluding hydrogens is 667 g/mol. The predicted molar refractivity (Wildman–Crippen MR) is 197 cm³/mol. The summed E-state index contributed by atoms with van der Waals surface area (Å²) >= 11 is 3.47. The van der Waals surface area contributed by atoms with E-state index in [0.717, 1.165) is 44.1 Å². The second kappa shape index (κ2) is 13.8. The van der Waals surface area contributed by atoms with Crippen LogP contribution < -0.4 is 9.47 Å². The monoisotopic (exact) mass is 701 g/mol. The smallest absolute Gasteiger partial charge is 0.162 e. The Morgan fingerprint density at radius 3 is 2.12 bits per heavy atom. The molecule has 0 amide bonds. The summed E-state index contributed by atoms with van der Waals surface area (Å²) in [5.74, 6) is 1.49. The van der Waals surface area contributed by atoms with Gasteiger partial charge in [-0.2, -0.15) is 0 Å². The standard InChI is InChI=1S/C40H35N3O5S2/c1-45-29-14-10-27(11-15-29)40(26-7-4-3-5-8-26,28-12-16-30(46-2)17-13-28)47-24-33-32(44)23-37(48-33)43-25-42-38-31(20-21-41-39(38)43)34-18-19-36(50-34)35-9-6-22-49-35/h3-22,25,32-33,37,44H,23-24H2,1-2H3. The van der Waals surface area contributed by atoms with E-state index in [2.05, 4.69) is 41.8 Å². The first-order valence-corrected chi connectivity index (χ1v) is 18.0. The molecule has 7 aromatic rings. The van der Waals surface area contributed by atoms with Gasteiger partial charge in [-0.3, -0.25) is 4.57 Å². The highest BCUT2D eigenvalue weighted by Crippen LogP contribution is 2.44. The van der Waals surface area contributed by atoms with Crippen LogP contribution in [0, 0.1) is 0 Å². The number of thiophene rings is 2. The van der Waals surface area contributed by atoms with Crippen molar-refractivity contribution in [2.45, 2.75) is 30.5 Å². The zero-order chi connectivity index (χ0) is 34.1. The summed E-state index contributed by atoms with van der Waals surface area (Å²) in [5.41, 5.74) is 4.26. The van der Waals surface area contributed by atoms with E-state index in [4.69, 9.17) is 28.9 Å². The van der Waals surface area contributed by atoms with Gasteiger partial charge in [-0.05, 0) is 70.6 Å². The van der Waals surface area contributed by atoms with Crippen molar-refractivity contribution in [1.82, 2.24) is 14.5 Å². The lowest BCUT2D eigenvalue weighted by Crippen LogP contribution is -2.38. The molecule has 0 bridgehead atoms. The SMILES string of the molecule is COc1ccc(C(OCC2OC(n3cnc4c(-c5ccc(-c6cccs6)s5)ccnc43)CC2O)(c2ccccc2)c2ccc(OC)cc2)cc1. The lowest BCUT2D eigenvalue weighted by molar-refractivity contribution is -0.0931. The van der Waals surface area contributed by atoms with Crippen LogP contribution in [0.25, 0.3) is 31.4 Å². The van der Waals surface area contributed by atoms with E-state index in [9.17, 15) is 5.11 Å². The average Bonchev–Trinajstić information content (AvgIpc) is 4.00. The number of pyridine rings is 1. The van der Waals surface area contributed by atoms with Crippen molar-refractivity contribution in [3.8, 4) is 31.7 Å². The van der Waals surface area contributed by atoms with Crippen LogP contribution in [0.15, 0.2) is 127 Å². The number of aliphatic hydroxyl groups excluding tert-OH is 1. The van der Waals surface area contributed by atoms with Crippen molar-refractivity contribution >= 4 is 33.8 Å². The minimum Gasteiger partial charge on any atom is -0.497 e. The number of hydrogen-bond acceptors (Lipinski definition) is 9. The number of nitrogens with zero attached hydrogens (tertiary/aromatic N) is 3. The van der Waals surface area contributed by atoms with E-state index >= 15 is 0 Å². The van der Waals surface area contributed by atoms with E-state index in [-0.39, 0.29) is 6.61 Å². The maximum Gasteiger partial charge on any atom is 0.162 e. The molecule has 4 aromatic heterocycles. The molecule has 10 heteroatoms. The van der Waals surface area contributed by atoms with Crippen LogP contribution in [-0.4, -0.2) is 52.7 Å². The Bertz CT molecular complexity index is 2130. The summed E-state index contributed by atoms with van der Waals surface area (Å²) in [4.78, 5) is 13.1. The Kier molecular flexibility index (Phi) is 8.94. The molecule has 3 aromatic carbocycles. The van der Waals surface area contributed by atoms with Crippen molar-refractivity contribution in [2.24, 2.45) is 0 Å². The molecule has 8 nitrogen and oxygen atoms in total. The van der Waals surface area contributed by atoms with Gasteiger partial charge in [0.2, 0.25) is 0 Å². The summed E-state index contributed by atoms with van der Waals surface area (Å²) in [5, 5.41) is 13.5. The summed E-state index contributed by atoms with van der Waals surface area (Å²) in [7, 11) is 3.30. The maximum absolute atomic E-state index is 11.4. The Balaban J connectivity index is 1.10. The van der Waals surface area contributed by atoms with E-state index in [1.54, 1.807) is 43.2 Å². The number of ether oxygens (including phenoxy) is 4. The third-order valence-corrected chi connectivity index (χ3v) is 11.4. The van der Waals surface area contributed by atoms with Crippen LogP contribution in [0.4, 0.5) is 0 Å². The van der Waals surface area contributed by atoms with Crippen molar-refractivity contribution in [3.63, 3.8) is 0 Å². The third-order valence-electron chi connectivity index (χ3n) is 9.25. The lowest BCUT2D eigenvalue weighted by Gasteiger charge is -2.37. The van der Waals surface area contributed by atoms with Crippen LogP contribution in [0.5, 0.6) is 11.5 Å². The largest absolute Gasteiger partial charge is 0.497 e.